The van der Waals surface area contributed by atoms with Crippen molar-refractivity contribution in [3.8, 4) is 0 Å². The van der Waals surface area contributed by atoms with Crippen LogP contribution >= 0.6 is 0 Å². The number of hydrogen-bond donors (Lipinski definition) is 0. The quantitative estimate of drug-likeness (QED) is 0.697. The fourth-order valence-electron chi connectivity index (χ4n) is 1.82. The van der Waals surface area contributed by atoms with Crippen LogP contribution in [0.3, 0.4) is 0 Å². The Morgan fingerprint density at radius 3 is 2.00 bits per heavy atom. The van der Waals surface area contributed by atoms with Crippen molar-refractivity contribution in [2.75, 3.05) is 0 Å². The fraction of sp³-hybridized carbons (Fsp3) is 0.750. The minimum atomic E-state index is 0.411. The first-order valence-corrected chi connectivity index (χ1v) is 5.77. The van der Waals surface area contributed by atoms with Crippen LogP contribution in [0.25, 0.3) is 0 Å². The summed E-state index contributed by atoms with van der Waals surface area (Å²) >= 11 is 0. The second kappa shape index (κ2) is 4.69. The first-order chi connectivity index (χ1) is 6.95. The fourth-order valence-corrected chi connectivity index (χ4v) is 1.82. The molecule has 3 heteroatoms. The third-order valence-electron chi connectivity index (χ3n) is 2.48. The summed E-state index contributed by atoms with van der Waals surface area (Å²) in [4.78, 5) is 0. The third kappa shape index (κ3) is 2.52. The average Bonchev–Trinajstić information content (AvgIpc) is 2.16. The van der Waals surface area contributed by atoms with Gasteiger partial charge in [-0.15, -0.1) is 4.57 Å². The van der Waals surface area contributed by atoms with Crippen LogP contribution in [0.4, 0.5) is 0 Å². The predicted molar refractivity (Wildman–Crippen MR) is 59.5 cm³/mol. The van der Waals surface area contributed by atoms with Crippen LogP contribution in [0.15, 0.2) is 12.4 Å². The van der Waals surface area contributed by atoms with Gasteiger partial charge in [0.15, 0.2) is 24.5 Å². The van der Waals surface area contributed by atoms with E-state index in [1.807, 2.05) is 6.20 Å². The highest BCUT2D eigenvalue weighted by Crippen LogP contribution is 2.07. The van der Waals surface area contributed by atoms with Gasteiger partial charge in [-0.1, -0.05) is 0 Å². The van der Waals surface area contributed by atoms with Crippen LogP contribution in [0.2, 0.25) is 0 Å². The average molecular weight is 209 g/mol. The van der Waals surface area contributed by atoms with E-state index in [1.54, 1.807) is 0 Å². The van der Waals surface area contributed by atoms with E-state index in [1.165, 1.54) is 5.82 Å². The highest BCUT2D eigenvalue weighted by Gasteiger charge is 2.32. The van der Waals surface area contributed by atoms with Crippen LogP contribution in [-0.4, -0.2) is 5.10 Å². The summed E-state index contributed by atoms with van der Waals surface area (Å²) in [5, 5.41) is 4.44. The van der Waals surface area contributed by atoms with Crippen LogP contribution in [-0.2, 0) is 0 Å². The van der Waals surface area contributed by atoms with E-state index in [4.69, 9.17) is 0 Å². The molecule has 0 saturated carbocycles. The molecule has 0 aromatic carbocycles. The summed E-state index contributed by atoms with van der Waals surface area (Å²) in [5.74, 6) is 1.78. The van der Waals surface area contributed by atoms with Crippen molar-refractivity contribution in [3.63, 3.8) is 0 Å². The summed E-state index contributed by atoms with van der Waals surface area (Å²) in [6.45, 7) is 13.2. The minimum absolute atomic E-state index is 0.411. The van der Waals surface area contributed by atoms with Crippen molar-refractivity contribution in [3.05, 3.63) is 18.2 Å². The third-order valence-corrected chi connectivity index (χ3v) is 2.48. The second-order valence-corrected chi connectivity index (χ2v) is 4.87. The van der Waals surface area contributed by atoms with E-state index in [0.29, 0.717) is 18.0 Å². The van der Waals surface area contributed by atoms with E-state index in [0.717, 1.165) is 0 Å². The van der Waals surface area contributed by atoms with Gasteiger partial charge < -0.3 is 0 Å². The molecule has 1 aromatic heterocycles. The molecule has 1 aromatic rings. The van der Waals surface area contributed by atoms with Crippen molar-refractivity contribution in [2.45, 2.75) is 59.5 Å². The summed E-state index contributed by atoms with van der Waals surface area (Å²) < 4.78 is 4.42. The standard InChI is InChI=1S/C12H23N3/c1-9(2)12-14(10(3)4)8-7-13-15(12)11(5)6/h7-11H,1-6H3/q+2. The Labute approximate surface area is 92.8 Å². The molecular weight excluding hydrogens is 186 g/mol. The molecule has 1 rings (SSSR count). The van der Waals surface area contributed by atoms with Crippen molar-refractivity contribution < 1.29 is 9.25 Å². The van der Waals surface area contributed by atoms with Gasteiger partial charge in [0, 0.05) is 18.9 Å². The van der Waals surface area contributed by atoms with Crippen molar-refractivity contribution in [1.29, 1.82) is 0 Å². The molecule has 1 heterocycles. The zero-order valence-electron chi connectivity index (χ0n) is 10.7. The molecule has 0 spiro atoms. The maximum Gasteiger partial charge on any atom is 0.446 e. The maximum atomic E-state index is 4.44. The lowest BCUT2D eigenvalue weighted by Crippen LogP contribution is -2.57. The molecule has 0 fully saturated rings. The monoisotopic (exact) mass is 209 g/mol. The molecule has 15 heavy (non-hydrogen) atoms. The summed E-state index contributed by atoms with van der Waals surface area (Å²) in [6.07, 6.45) is 3.95. The van der Waals surface area contributed by atoms with Crippen LogP contribution in [0, 0.1) is 0 Å². The Kier molecular flexibility index (Phi) is 3.77. The molecule has 84 valence electrons. The van der Waals surface area contributed by atoms with Gasteiger partial charge in [-0.25, -0.2) is 0 Å². The van der Waals surface area contributed by atoms with Crippen molar-refractivity contribution in [2.24, 2.45) is 0 Å². The topological polar surface area (TPSA) is 20.6 Å². The largest absolute Gasteiger partial charge is 0.446 e. The highest BCUT2D eigenvalue weighted by atomic mass is 15.3. The van der Waals surface area contributed by atoms with Gasteiger partial charge in [-0.3, -0.25) is 0 Å². The molecule has 0 radical (unpaired) electrons. The molecule has 0 unspecified atom stereocenters. The zero-order chi connectivity index (χ0) is 11.6. The number of rotatable bonds is 3. The molecule has 0 N–H and O–H groups in total. The lowest BCUT2D eigenvalue weighted by atomic mass is 10.1. The molecular formula is C12H23N3+2. The number of hydrogen-bond acceptors (Lipinski definition) is 1. The summed E-state index contributed by atoms with van der Waals surface area (Å²) in [7, 11) is 0. The zero-order valence-corrected chi connectivity index (χ0v) is 10.7. The SMILES string of the molecule is CC(C)c1[n+](C(C)C)ccn[n+]1C(C)C. The Hall–Kier alpha value is -0.990. The number of aromatic nitrogens is 3. The molecule has 0 aliphatic rings. The highest BCUT2D eigenvalue weighted by molar-refractivity contribution is 4.74. The Bertz CT molecular complexity index is 303. The van der Waals surface area contributed by atoms with E-state index in [-0.39, 0.29) is 0 Å². The van der Waals surface area contributed by atoms with Gasteiger partial charge in [-0.05, 0) is 32.4 Å². The Balaban J connectivity index is 3.35. The predicted octanol–water partition coefficient (Wildman–Crippen LogP) is 1.94. The molecule has 0 amide bonds. The van der Waals surface area contributed by atoms with Crippen molar-refractivity contribution in [1.82, 2.24) is 5.10 Å². The van der Waals surface area contributed by atoms with Crippen LogP contribution < -0.4 is 9.25 Å². The number of nitrogens with zero attached hydrogens (tertiary/aromatic N) is 3. The molecule has 0 bridgehead atoms. The van der Waals surface area contributed by atoms with Crippen LogP contribution in [0.5, 0.6) is 0 Å². The van der Waals surface area contributed by atoms with Gasteiger partial charge in [-0.2, -0.15) is 0 Å². The van der Waals surface area contributed by atoms with E-state index in [2.05, 4.69) is 62.1 Å². The smallest absolute Gasteiger partial charge is 0.141 e. The molecule has 0 aliphatic carbocycles. The molecule has 0 aliphatic heterocycles. The van der Waals surface area contributed by atoms with E-state index in [9.17, 15) is 0 Å². The van der Waals surface area contributed by atoms with E-state index < -0.39 is 0 Å². The summed E-state index contributed by atoms with van der Waals surface area (Å²) in [5.41, 5.74) is 0. The van der Waals surface area contributed by atoms with Gasteiger partial charge in [0.2, 0.25) is 0 Å². The Morgan fingerprint density at radius 2 is 1.60 bits per heavy atom. The maximum absolute atomic E-state index is 4.44. The second-order valence-electron chi connectivity index (χ2n) is 4.87. The first kappa shape index (κ1) is 12.1. The lowest BCUT2D eigenvalue weighted by Gasteiger charge is -2.08. The van der Waals surface area contributed by atoms with Gasteiger partial charge in [0.1, 0.15) is 5.92 Å². The summed E-state index contributed by atoms with van der Waals surface area (Å²) in [6, 6.07) is 0.893. The van der Waals surface area contributed by atoms with Gasteiger partial charge >= 0.3 is 5.82 Å². The lowest BCUT2D eigenvalue weighted by molar-refractivity contribution is -0.884. The van der Waals surface area contributed by atoms with E-state index >= 15 is 0 Å². The normalized spacial score (nSPS) is 11.8. The molecule has 0 atom stereocenters. The molecule has 3 nitrogen and oxygen atoms in total. The first-order valence-electron chi connectivity index (χ1n) is 5.77. The van der Waals surface area contributed by atoms with Gasteiger partial charge in [0.05, 0.1) is 0 Å². The van der Waals surface area contributed by atoms with Gasteiger partial charge in [0.25, 0.3) is 0 Å². The van der Waals surface area contributed by atoms with Crippen LogP contribution in [0.1, 0.15) is 65.4 Å². The Morgan fingerprint density at radius 1 is 1.00 bits per heavy atom. The minimum Gasteiger partial charge on any atom is -0.141 e. The molecule has 0 saturated heterocycles. The van der Waals surface area contributed by atoms with Crippen molar-refractivity contribution >= 4 is 0 Å².